The Hall–Kier alpha value is -2.51. The number of imide groups is 1. The van der Waals surface area contributed by atoms with Gasteiger partial charge in [0.05, 0.1) is 11.8 Å². The first-order chi connectivity index (χ1) is 15.3. The largest absolute Gasteiger partial charge is 0.340 e. The average Bonchev–Trinajstić information content (AvgIpc) is 3.37. The molecule has 4 rings (SSSR count). The Labute approximate surface area is 189 Å². The number of nitrogens with zero attached hydrogens (tertiary/aromatic N) is 4. The first-order valence-electron chi connectivity index (χ1n) is 11.9. The molecule has 4 atom stereocenters. The molecular weight excluding hydrogens is 408 g/mol. The van der Waals surface area contributed by atoms with Gasteiger partial charge in [0.1, 0.15) is 6.04 Å². The van der Waals surface area contributed by atoms with Crippen LogP contribution in [0, 0.1) is 17.8 Å². The third kappa shape index (κ3) is 4.24. The molecule has 0 saturated carbocycles. The number of hydrogen-bond acceptors (Lipinski definition) is 6. The topological polar surface area (TPSA) is 96.6 Å². The number of fused-ring (bicyclic) bond motifs is 1. The minimum Gasteiger partial charge on any atom is -0.340 e. The molecule has 8 heteroatoms. The fourth-order valence-corrected chi connectivity index (χ4v) is 5.14. The summed E-state index contributed by atoms with van der Waals surface area (Å²) in [6.45, 7) is 9.14. The molecule has 0 bridgehead atoms. The first kappa shape index (κ1) is 22.7. The zero-order chi connectivity index (χ0) is 23.0. The number of piperidine rings is 1. The summed E-state index contributed by atoms with van der Waals surface area (Å²) in [5.74, 6) is 0.422. The van der Waals surface area contributed by atoms with Crippen molar-refractivity contribution in [1.82, 2.24) is 19.9 Å². The first-order valence-corrected chi connectivity index (χ1v) is 11.9. The van der Waals surface area contributed by atoms with Gasteiger partial charge in [-0.25, -0.2) is 0 Å². The lowest BCUT2D eigenvalue weighted by Gasteiger charge is -2.36. The van der Waals surface area contributed by atoms with E-state index in [1.807, 2.05) is 39.8 Å². The molecule has 0 aromatic carbocycles. The van der Waals surface area contributed by atoms with Crippen LogP contribution in [0.5, 0.6) is 0 Å². The standard InChI is InChI=1S/C24H34N4O4/c1-14(2)12-19(28-22(29)17-9-5-6-10-18(17)23(28)30)24(31)27-11-7-8-16(13-27)20-25-21(15(3)4)32-26-20/h5-6,14-19H,7-13H2,1-4H3/t16-,17-,18+,19-/m1/s1. The fraction of sp³-hybridized carbons (Fsp3) is 0.708. The summed E-state index contributed by atoms with van der Waals surface area (Å²) in [4.78, 5) is 47.7. The molecule has 3 aliphatic rings. The van der Waals surface area contributed by atoms with Crippen LogP contribution < -0.4 is 0 Å². The van der Waals surface area contributed by atoms with Crippen LogP contribution >= 0.6 is 0 Å². The number of likely N-dealkylation sites (tertiary alicyclic amines) is 2. The minimum atomic E-state index is -0.740. The molecule has 174 valence electrons. The number of allylic oxidation sites excluding steroid dienone is 2. The molecule has 0 unspecified atom stereocenters. The van der Waals surface area contributed by atoms with Crippen molar-refractivity contribution in [3.63, 3.8) is 0 Å². The van der Waals surface area contributed by atoms with Gasteiger partial charge in [-0.3, -0.25) is 19.3 Å². The number of carbonyl (C=O) groups is 3. The van der Waals surface area contributed by atoms with Crippen LogP contribution in [0.1, 0.15) is 83.3 Å². The van der Waals surface area contributed by atoms with E-state index in [0.29, 0.717) is 44.1 Å². The molecule has 1 aliphatic carbocycles. The molecule has 3 heterocycles. The second kappa shape index (κ2) is 9.16. The number of carbonyl (C=O) groups excluding carboxylic acids is 3. The summed E-state index contributed by atoms with van der Waals surface area (Å²) < 4.78 is 5.37. The SMILES string of the molecule is CC(C)C[C@H](C(=O)N1CCC[C@@H](c2noc(C(C)C)n2)C1)N1C(=O)[C@H]2CC=CC[C@H]2C1=O. The highest BCUT2D eigenvalue weighted by molar-refractivity contribution is 6.08. The maximum atomic E-state index is 13.7. The van der Waals surface area contributed by atoms with Crippen molar-refractivity contribution in [2.24, 2.45) is 17.8 Å². The number of aromatic nitrogens is 2. The van der Waals surface area contributed by atoms with Crippen LogP contribution in [-0.2, 0) is 14.4 Å². The minimum absolute atomic E-state index is 0.000381. The lowest BCUT2D eigenvalue weighted by atomic mass is 9.85. The molecule has 8 nitrogen and oxygen atoms in total. The van der Waals surface area contributed by atoms with Crippen molar-refractivity contribution < 1.29 is 18.9 Å². The maximum Gasteiger partial charge on any atom is 0.245 e. The van der Waals surface area contributed by atoms with Crippen LogP contribution in [0.3, 0.4) is 0 Å². The number of rotatable bonds is 6. The second-order valence-electron chi connectivity index (χ2n) is 10.1. The number of amides is 3. The van der Waals surface area contributed by atoms with E-state index in [4.69, 9.17) is 4.52 Å². The van der Waals surface area contributed by atoms with Gasteiger partial charge in [-0.1, -0.05) is 45.0 Å². The molecule has 0 N–H and O–H groups in total. The van der Waals surface area contributed by atoms with Gasteiger partial charge in [0.25, 0.3) is 0 Å². The van der Waals surface area contributed by atoms with Crippen molar-refractivity contribution in [3.05, 3.63) is 23.9 Å². The molecule has 2 aliphatic heterocycles. The van der Waals surface area contributed by atoms with E-state index >= 15 is 0 Å². The quantitative estimate of drug-likeness (QED) is 0.496. The predicted molar refractivity (Wildman–Crippen MR) is 117 cm³/mol. The Kier molecular flexibility index (Phi) is 6.49. The fourth-order valence-electron chi connectivity index (χ4n) is 5.14. The van der Waals surface area contributed by atoms with Crippen molar-refractivity contribution in [2.75, 3.05) is 13.1 Å². The highest BCUT2D eigenvalue weighted by Gasteiger charge is 2.52. The van der Waals surface area contributed by atoms with E-state index in [9.17, 15) is 14.4 Å². The highest BCUT2D eigenvalue weighted by Crippen LogP contribution is 2.38. The Morgan fingerprint density at radius 3 is 2.34 bits per heavy atom. The third-order valence-electron chi connectivity index (χ3n) is 6.88. The third-order valence-corrected chi connectivity index (χ3v) is 6.88. The lowest BCUT2D eigenvalue weighted by molar-refractivity contribution is -0.153. The Morgan fingerprint density at radius 1 is 1.12 bits per heavy atom. The van der Waals surface area contributed by atoms with Gasteiger partial charge in [-0.2, -0.15) is 4.98 Å². The van der Waals surface area contributed by atoms with E-state index in [1.165, 1.54) is 4.90 Å². The summed E-state index contributed by atoms with van der Waals surface area (Å²) >= 11 is 0. The van der Waals surface area contributed by atoms with E-state index in [-0.39, 0.29) is 47.3 Å². The smallest absolute Gasteiger partial charge is 0.245 e. The zero-order valence-electron chi connectivity index (χ0n) is 19.5. The summed E-state index contributed by atoms with van der Waals surface area (Å²) in [5, 5.41) is 4.15. The van der Waals surface area contributed by atoms with Gasteiger partial charge >= 0.3 is 0 Å². The van der Waals surface area contributed by atoms with Crippen LogP contribution in [0.2, 0.25) is 0 Å². The monoisotopic (exact) mass is 442 g/mol. The summed E-state index contributed by atoms with van der Waals surface area (Å²) in [6.07, 6.45) is 7.29. The molecule has 1 aromatic rings. The van der Waals surface area contributed by atoms with Gasteiger partial charge in [0.2, 0.25) is 23.6 Å². The van der Waals surface area contributed by atoms with E-state index in [2.05, 4.69) is 10.1 Å². The van der Waals surface area contributed by atoms with Crippen LogP contribution in [-0.4, -0.2) is 56.8 Å². The Bertz CT molecular complexity index is 880. The number of hydrogen-bond donors (Lipinski definition) is 0. The summed E-state index contributed by atoms with van der Waals surface area (Å²) in [5.41, 5.74) is 0. The van der Waals surface area contributed by atoms with Crippen molar-refractivity contribution in [2.45, 2.75) is 77.7 Å². The maximum absolute atomic E-state index is 13.7. The highest BCUT2D eigenvalue weighted by atomic mass is 16.5. The van der Waals surface area contributed by atoms with Crippen molar-refractivity contribution >= 4 is 17.7 Å². The van der Waals surface area contributed by atoms with Crippen LogP contribution in [0.15, 0.2) is 16.7 Å². The van der Waals surface area contributed by atoms with Gasteiger partial charge in [-0.15, -0.1) is 0 Å². The van der Waals surface area contributed by atoms with E-state index in [0.717, 1.165) is 12.8 Å². The molecule has 0 radical (unpaired) electrons. The predicted octanol–water partition coefficient (Wildman–Crippen LogP) is 3.26. The van der Waals surface area contributed by atoms with E-state index < -0.39 is 6.04 Å². The van der Waals surface area contributed by atoms with Crippen molar-refractivity contribution in [3.8, 4) is 0 Å². The molecule has 2 fully saturated rings. The average molecular weight is 443 g/mol. The Balaban J connectivity index is 1.53. The molecular formula is C24H34N4O4. The lowest BCUT2D eigenvalue weighted by Crippen LogP contribution is -2.53. The van der Waals surface area contributed by atoms with Gasteiger partial charge < -0.3 is 9.42 Å². The Morgan fingerprint density at radius 2 is 1.78 bits per heavy atom. The van der Waals surface area contributed by atoms with E-state index in [1.54, 1.807) is 4.90 Å². The summed E-state index contributed by atoms with van der Waals surface area (Å²) in [6, 6.07) is -0.740. The van der Waals surface area contributed by atoms with Crippen molar-refractivity contribution in [1.29, 1.82) is 0 Å². The molecule has 1 aromatic heterocycles. The molecule has 2 saturated heterocycles. The van der Waals surface area contributed by atoms with Crippen LogP contribution in [0.4, 0.5) is 0 Å². The zero-order valence-corrected chi connectivity index (χ0v) is 19.5. The van der Waals surface area contributed by atoms with Gasteiger partial charge in [-0.05, 0) is 38.0 Å². The van der Waals surface area contributed by atoms with Crippen LogP contribution in [0.25, 0.3) is 0 Å². The molecule has 32 heavy (non-hydrogen) atoms. The summed E-state index contributed by atoms with van der Waals surface area (Å²) in [7, 11) is 0. The van der Waals surface area contributed by atoms with Gasteiger partial charge in [0.15, 0.2) is 5.82 Å². The normalized spacial score (nSPS) is 26.9. The van der Waals surface area contributed by atoms with Gasteiger partial charge in [0, 0.05) is 24.9 Å². The second-order valence-corrected chi connectivity index (χ2v) is 10.1. The molecule has 0 spiro atoms. The molecule has 3 amide bonds.